The molecule has 0 aromatic heterocycles. The lowest BCUT2D eigenvalue weighted by molar-refractivity contribution is -0.0459. The lowest BCUT2D eigenvalue weighted by Gasteiger charge is -2.17. The monoisotopic (exact) mass is 396 g/mol. The van der Waals surface area contributed by atoms with Crippen LogP contribution in [0.1, 0.15) is 33.3 Å². The number of rotatable bonds is 5. The van der Waals surface area contributed by atoms with Crippen LogP contribution in [-0.2, 0) is 16.1 Å². The highest BCUT2D eigenvalue weighted by Crippen LogP contribution is 2.34. The van der Waals surface area contributed by atoms with Crippen LogP contribution in [0.25, 0.3) is 0 Å². The number of carboxylic acids is 1. The van der Waals surface area contributed by atoms with Gasteiger partial charge in [-0.1, -0.05) is 55.9 Å². The molecule has 1 N–H and O–H groups in total. The fraction of sp³-hybridized carbons (Fsp3) is 0.318. The van der Waals surface area contributed by atoms with Gasteiger partial charge in [0.15, 0.2) is 6.29 Å². The van der Waals surface area contributed by atoms with Crippen LogP contribution < -0.4 is 4.74 Å². The minimum Gasteiger partial charge on any atom is -0.488 e. The van der Waals surface area contributed by atoms with Crippen molar-refractivity contribution < 1.29 is 24.1 Å². The Labute approximate surface area is 166 Å². The molecule has 1 fully saturated rings. The third-order valence-electron chi connectivity index (χ3n) is 4.07. The van der Waals surface area contributed by atoms with Gasteiger partial charge in [0.2, 0.25) is 0 Å². The molecule has 1 aliphatic rings. The van der Waals surface area contributed by atoms with E-state index in [9.17, 15) is 9.90 Å². The van der Waals surface area contributed by atoms with Gasteiger partial charge < -0.3 is 19.3 Å². The Morgan fingerprint density at radius 2 is 1.86 bits per heavy atom. The first kappa shape index (κ1) is 20.1. The van der Waals surface area contributed by atoms with Crippen molar-refractivity contribution >= 4 is 14.0 Å². The number of hydrogen-bond acceptors (Lipinski definition) is 4. The van der Waals surface area contributed by atoms with Gasteiger partial charge in [0, 0.05) is 5.56 Å². The van der Waals surface area contributed by atoms with Crippen LogP contribution in [0.3, 0.4) is 0 Å². The smallest absolute Gasteiger partial charge is 0.336 e. The topological polar surface area (TPSA) is 65.0 Å². The van der Waals surface area contributed by atoms with Gasteiger partial charge in [0.1, 0.15) is 20.4 Å². The van der Waals surface area contributed by atoms with Crippen LogP contribution in [0.4, 0.5) is 0 Å². The van der Waals surface area contributed by atoms with Crippen LogP contribution in [-0.4, -0.2) is 32.4 Å². The third-order valence-corrected chi connectivity index (χ3v) is 4.94. The summed E-state index contributed by atoms with van der Waals surface area (Å²) in [4.78, 5) is 11.8. The zero-order valence-electron chi connectivity index (χ0n) is 16.3. The maximum atomic E-state index is 11.8. The Balaban J connectivity index is 2.02. The highest BCUT2D eigenvalue weighted by atomic mass is 28.3. The van der Waals surface area contributed by atoms with Gasteiger partial charge in [0.25, 0.3) is 0 Å². The van der Waals surface area contributed by atoms with E-state index in [0.717, 1.165) is 5.56 Å². The van der Waals surface area contributed by atoms with Gasteiger partial charge in [0.05, 0.1) is 24.3 Å². The summed E-state index contributed by atoms with van der Waals surface area (Å²) < 4.78 is 17.2. The highest BCUT2D eigenvalue weighted by molar-refractivity contribution is 6.83. The molecule has 2 aromatic carbocycles. The van der Waals surface area contributed by atoms with Gasteiger partial charge in [-0.2, -0.15) is 0 Å². The van der Waals surface area contributed by atoms with Crippen molar-refractivity contribution in [2.45, 2.75) is 32.5 Å². The molecule has 2 aromatic rings. The lowest BCUT2D eigenvalue weighted by atomic mass is 10.0. The molecule has 5 nitrogen and oxygen atoms in total. The second-order valence-corrected chi connectivity index (χ2v) is 12.3. The summed E-state index contributed by atoms with van der Waals surface area (Å²) in [6.45, 7) is 7.62. The summed E-state index contributed by atoms with van der Waals surface area (Å²) >= 11 is 0. The van der Waals surface area contributed by atoms with Gasteiger partial charge in [-0.25, -0.2) is 4.79 Å². The average molecular weight is 397 g/mol. The van der Waals surface area contributed by atoms with Gasteiger partial charge in [-0.05, 0) is 17.7 Å². The van der Waals surface area contributed by atoms with Gasteiger partial charge in [-0.15, -0.1) is 5.54 Å². The Kier molecular flexibility index (Phi) is 6.20. The molecule has 3 rings (SSSR count). The molecule has 6 heteroatoms. The number of ether oxygens (including phenoxy) is 3. The van der Waals surface area contributed by atoms with Crippen molar-refractivity contribution in [3.8, 4) is 17.2 Å². The first-order valence-electron chi connectivity index (χ1n) is 9.18. The molecule has 0 atom stereocenters. The molecule has 0 bridgehead atoms. The zero-order valence-corrected chi connectivity index (χ0v) is 17.3. The fourth-order valence-corrected chi connectivity index (χ4v) is 3.22. The molecular weight excluding hydrogens is 372 g/mol. The number of hydrogen-bond donors (Lipinski definition) is 1. The summed E-state index contributed by atoms with van der Waals surface area (Å²) in [5.41, 5.74) is 5.39. The summed E-state index contributed by atoms with van der Waals surface area (Å²) in [6.07, 6.45) is -0.636. The first-order chi connectivity index (χ1) is 13.3. The Morgan fingerprint density at radius 3 is 2.46 bits per heavy atom. The van der Waals surface area contributed by atoms with E-state index >= 15 is 0 Å². The Hall–Kier alpha value is -2.59. The van der Waals surface area contributed by atoms with E-state index in [1.54, 1.807) is 12.1 Å². The lowest BCUT2D eigenvalue weighted by Crippen LogP contribution is -2.16. The highest BCUT2D eigenvalue weighted by Gasteiger charge is 2.26. The molecule has 1 aliphatic heterocycles. The summed E-state index contributed by atoms with van der Waals surface area (Å²) in [7, 11) is -1.67. The predicted octanol–water partition coefficient (Wildman–Crippen LogP) is 4.24. The molecule has 1 heterocycles. The van der Waals surface area contributed by atoms with Crippen LogP contribution in [0.2, 0.25) is 19.6 Å². The van der Waals surface area contributed by atoms with Crippen LogP contribution in [0.15, 0.2) is 42.5 Å². The molecule has 28 heavy (non-hydrogen) atoms. The molecule has 0 unspecified atom stereocenters. The number of carboxylic acid groups (broad SMARTS) is 1. The zero-order chi connectivity index (χ0) is 20.1. The maximum absolute atomic E-state index is 11.8. The predicted molar refractivity (Wildman–Crippen MR) is 109 cm³/mol. The van der Waals surface area contributed by atoms with E-state index in [1.165, 1.54) is 0 Å². The average Bonchev–Trinajstić information content (AvgIpc) is 3.19. The standard InChI is InChI=1S/C22H24O5Si/c1-28(2,3)12-9-17-13-20(27-15-16-7-5-4-6-8-16)19(14-18(17)21(23)24)22-25-10-11-26-22/h4-8,13-14,22H,10-11,15H2,1-3H3,(H,23,24). The normalized spacial score (nSPS) is 14.4. The van der Waals surface area contributed by atoms with Crippen LogP contribution in [0.5, 0.6) is 5.75 Å². The summed E-state index contributed by atoms with van der Waals surface area (Å²) in [5.74, 6) is 2.55. The molecule has 0 spiro atoms. The number of aromatic carboxylic acids is 1. The van der Waals surface area contributed by atoms with Crippen molar-refractivity contribution in [2.75, 3.05) is 13.2 Å². The Morgan fingerprint density at radius 1 is 1.18 bits per heavy atom. The van der Waals surface area contributed by atoms with Gasteiger partial charge >= 0.3 is 5.97 Å². The van der Waals surface area contributed by atoms with Crippen molar-refractivity contribution in [3.05, 3.63) is 64.7 Å². The fourth-order valence-electron chi connectivity index (χ4n) is 2.71. The van der Waals surface area contributed by atoms with E-state index in [0.29, 0.717) is 36.7 Å². The first-order valence-corrected chi connectivity index (χ1v) is 12.7. The quantitative estimate of drug-likeness (QED) is 0.605. The van der Waals surface area contributed by atoms with E-state index < -0.39 is 20.3 Å². The molecule has 0 aliphatic carbocycles. The van der Waals surface area contributed by atoms with Gasteiger partial charge in [-0.3, -0.25) is 0 Å². The molecule has 0 radical (unpaired) electrons. The molecule has 1 saturated heterocycles. The van der Waals surface area contributed by atoms with Crippen molar-refractivity contribution in [1.29, 1.82) is 0 Å². The minimum absolute atomic E-state index is 0.131. The number of benzene rings is 2. The second kappa shape index (κ2) is 8.61. The van der Waals surface area contributed by atoms with Crippen molar-refractivity contribution in [2.24, 2.45) is 0 Å². The van der Waals surface area contributed by atoms with E-state index in [4.69, 9.17) is 14.2 Å². The molecule has 0 saturated carbocycles. The molecular formula is C22H24O5Si. The van der Waals surface area contributed by atoms with Crippen molar-refractivity contribution in [3.63, 3.8) is 0 Å². The van der Waals surface area contributed by atoms with E-state index in [2.05, 4.69) is 31.1 Å². The summed E-state index contributed by atoms with van der Waals surface area (Å²) in [6, 6.07) is 13.0. The van der Waals surface area contributed by atoms with E-state index in [1.807, 2.05) is 30.3 Å². The van der Waals surface area contributed by atoms with Crippen LogP contribution >= 0.6 is 0 Å². The maximum Gasteiger partial charge on any atom is 0.336 e. The largest absolute Gasteiger partial charge is 0.488 e. The third kappa shape index (κ3) is 5.23. The summed E-state index contributed by atoms with van der Waals surface area (Å²) in [5, 5.41) is 9.68. The van der Waals surface area contributed by atoms with E-state index in [-0.39, 0.29) is 5.56 Å². The van der Waals surface area contributed by atoms with Crippen molar-refractivity contribution in [1.82, 2.24) is 0 Å². The molecule has 0 amide bonds. The molecule has 146 valence electrons. The second-order valence-electron chi connectivity index (χ2n) is 7.59. The number of carbonyl (C=O) groups is 1. The Bertz CT molecular complexity index is 900. The van der Waals surface area contributed by atoms with Crippen LogP contribution in [0, 0.1) is 11.5 Å². The SMILES string of the molecule is C[Si](C)(C)C#Cc1cc(OCc2ccccc2)c(C2OCCO2)cc1C(=O)O. The minimum atomic E-state index is -1.67.